The third-order valence-electron chi connectivity index (χ3n) is 3.26. The molecule has 0 heterocycles. The lowest BCUT2D eigenvalue weighted by atomic mass is 9.97. The summed E-state index contributed by atoms with van der Waals surface area (Å²) in [5.41, 5.74) is 1.37. The fourth-order valence-electron chi connectivity index (χ4n) is 2.40. The molecule has 1 N–H and O–H groups in total. The standard InChI is InChI=1S/C16H21NO/c1-3-17-16(11-12-18-2)15-10-6-8-13-7-4-5-9-14(13)15/h4-10,16-17H,3,11-12H2,1-2H3. The van der Waals surface area contributed by atoms with Gasteiger partial charge < -0.3 is 10.1 Å². The molecule has 0 bridgehead atoms. The van der Waals surface area contributed by atoms with Crippen LogP contribution in [0.15, 0.2) is 42.5 Å². The normalized spacial score (nSPS) is 12.8. The Bertz CT molecular complexity index is 490. The molecule has 1 atom stereocenters. The van der Waals surface area contributed by atoms with Gasteiger partial charge in [0.1, 0.15) is 0 Å². The van der Waals surface area contributed by atoms with Crippen molar-refractivity contribution in [2.75, 3.05) is 20.3 Å². The van der Waals surface area contributed by atoms with Gasteiger partial charge in [-0.05, 0) is 29.3 Å². The molecule has 2 nitrogen and oxygen atoms in total. The number of hydrogen-bond acceptors (Lipinski definition) is 2. The van der Waals surface area contributed by atoms with E-state index in [2.05, 4.69) is 54.7 Å². The van der Waals surface area contributed by atoms with Crippen molar-refractivity contribution in [3.63, 3.8) is 0 Å². The van der Waals surface area contributed by atoms with Crippen LogP contribution in [0, 0.1) is 0 Å². The highest BCUT2D eigenvalue weighted by molar-refractivity contribution is 5.86. The van der Waals surface area contributed by atoms with E-state index in [1.807, 2.05) is 0 Å². The minimum absolute atomic E-state index is 0.362. The molecule has 1 unspecified atom stereocenters. The molecule has 0 aliphatic rings. The van der Waals surface area contributed by atoms with Crippen LogP contribution in [-0.2, 0) is 4.74 Å². The maximum absolute atomic E-state index is 5.21. The summed E-state index contributed by atoms with van der Waals surface area (Å²) in [6, 6.07) is 15.4. The summed E-state index contributed by atoms with van der Waals surface area (Å²) in [6.45, 7) is 3.89. The highest BCUT2D eigenvalue weighted by atomic mass is 16.5. The van der Waals surface area contributed by atoms with Crippen LogP contribution in [0.1, 0.15) is 24.9 Å². The second kappa shape index (κ2) is 6.53. The third kappa shape index (κ3) is 2.89. The van der Waals surface area contributed by atoms with Gasteiger partial charge in [0.25, 0.3) is 0 Å². The maximum atomic E-state index is 5.21. The molecular formula is C16H21NO. The molecule has 0 aliphatic heterocycles. The first kappa shape index (κ1) is 13.1. The quantitative estimate of drug-likeness (QED) is 0.838. The van der Waals surface area contributed by atoms with E-state index in [1.165, 1.54) is 16.3 Å². The molecule has 2 heteroatoms. The van der Waals surface area contributed by atoms with E-state index >= 15 is 0 Å². The summed E-state index contributed by atoms with van der Waals surface area (Å²) in [4.78, 5) is 0. The summed E-state index contributed by atoms with van der Waals surface area (Å²) in [5, 5.41) is 6.18. The lowest BCUT2D eigenvalue weighted by Crippen LogP contribution is -2.22. The molecule has 0 fully saturated rings. The van der Waals surface area contributed by atoms with Gasteiger partial charge in [0.15, 0.2) is 0 Å². The summed E-state index contributed by atoms with van der Waals surface area (Å²) in [6.07, 6.45) is 0.998. The number of hydrogen-bond donors (Lipinski definition) is 1. The van der Waals surface area contributed by atoms with Gasteiger partial charge in [0.05, 0.1) is 0 Å². The molecule has 0 amide bonds. The van der Waals surface area contributed by atoms with Gasteiger partial charge in [-0.2, -0.15) is 0 Å². The lowest BCUT2D eigenvalue weighted by Gasteiger charge is -2.20. The molecular weight excluding hydrogens is 222 g/mol. The molecule has 0 saturated heterocycles. The van der Waals surface area contributed by atoms with Gasteiger partial charge in [-0.1, -0.05) is 49.4 Å². The molecule has 18 heavy (non-hydrogen) atoms. The van der Waals surface area contributed by atoms with E-state index in [0.717, 1.165) is 19.6 Å². The fourth-order valence-corrected chi connectivity index (χ4v) is 2.40. The van der Waals surface area contributed by atoms with Crippen LogP contribution >= 0.6 is 0 Å². The van der Waals surface area contributed by atoms with Gasteiger partial charge in [0, 0.05) is 19.8 Å². The van der Waals surface area contributed by atoms with E-state index in [-0.39, 0.29) is 0 Å². The number of ether oxygens (including phenoxy) is 1. The summed E-state index contributed by atoms with van der Waals surface area (Å²) in [5.74, 6) is 0. The molecule has 0 spiro atoms. The van der Waals surface area contributed by atoms with Gasteiger partial charge in [-0.25, -0.2) is 0 Å². The largest absolute Gasteiger partial charge is 0.385 e. The third-order valence-corrected chi connectivity index (χ3v) is 3.26. The lowest BCUT2D eigenvalue weighted by molar-refractivity contribution is 0.183. The van der Waals surface area contributed by atoms with Crippen molar-refractivity contribution < 1.29 is 4.74 Å². The first-order valence-electron chi connectivity index (χ1n) is 6.56. The van der Waals surface area contributed by atoms with E-state index in [1.54, 1.807) is 7.11 Å². The van der Waals surface area contributed by atoms with Crippen LogP contribution in [0.25, 0.3) is 10.8 Å². The van der Waals surface area contributed by atoms with E-state index in [0.29, 0.717) is 6.04 Å². The number of rotatable bonds is 6. The molecule has 96 valence electrons. The molecule has 0 aromatic heterocycles. The summed E-state index contributed by atoms with van der Waals surface area (Å²) >= 11 is 0. The molecule has 2 rings (SSSR count). The van der Waals surface area contributed by atoms with E-state index in [9.17, 15) is 0 Å². The first-order chi connectivity index (χ1) is 8.86. The van der Waals surface area contributed by atoms with Crippen LogP contribution in [0.3, 0.4) is 0 Å². The van der Waals surface area contributed by atoms with Gasteiger partial charge in [-0.15, -0.1) is 0 Å². The van der Waals surface area contributed by atoms with Gasteiger partial charge in [-0.3, -0.25) is 0 Å². The average molecular weight is 243 g/mol. The van der Waals surface area contributed by atoms with Crippen LogP contribution in [0.2, 0.25) is 0 Å². The highest BCUT2D eigenvalue weighted by Crippen LogP contribution is 2.26. The zero-order valence-electron chi connectivity index (χ0n) is 11.1. The van der Waals surface area contributed by atoms with E-state index in [4.69, 9.17) is 4.74 Å². The predicted molar refractivity (Wildman–Crippen MR) is 76.9 cm³/mol. The Balaban J connectivity index is 2.36. The minimum atomic E-state index is 0.362. The Morgan fingerprint density at radius 3 is 2.67 bits per heavy atom. The molecule has 0 aliphatic carbocycles. The molecule has 0 saturated carbocycles. The minimum Gasteiger partial charge on any atom is -0.385 e. The van der Waals surface area contributed by atoms with Crippen LogP contribution in [0.5, 0.6) is 0 Å². The topological polar surface area (TPSA) is 21.3 Å². The number of fused-ring (bicyclic) bond motifs is 1. The smallest absolute Gasteiger partial charge is 0.0480 e. The predicted octanol–water partition coefficient (Wildman–Crippen LogP) is 3.53. The zero-order valence-corrected chi connectivity index (χ0v) is 11.1. The highest BCUT2D eigenvalue weighted by Gasteiger charge is 2.12. The van der Waals surface area contributed by atoms with Gasteiger partial charge in [0.2, 0.25) is 0 Å². The second-order valence-electron chi connectivity index (χ2n) is 4.46. The SMILES string of the molecule is CCNC(CCOC)c1cccc2ccccc12. The summed E-state index contributed by atoms with van der Waals surface area (Å²) in [7, 11) is 1.76. The Labute approximate surface area is 109 Å². The van der Waals surface area contributed by atoms with Crippen LogP contribution < -0.4 is 5.32 Å². The summed E-state index contributed by atoms with van der Waals surface area (Å²) < 4.78 is 5.21. The maximum Gasteiger partial charge on any atom is 0.0480 e. The Kier molecular flexibility index (Phi) is 4.73. The van der Waals surface area contributed by atoms with Crippen molar-refractivity contribution in [3.8, 4) is 0 Å². The number of nitrogens with one attached hydrogen (secondary N) is 1. The molecule has 0 radical (unpaired) electrons. The van der Waals surface area contributed by atoms with Crippen molar-refractivity contribution in [2.45, 2.75) is 19.4 Å². The Hall–Kier alpha value is -1.38. The first-order valence-corrected chi connectivity index (χ1v) is 6.56. The Morgan fingerprint density at radius 2 is 1.89 bits per heavy atom. The number of benzene rings is 2. The van der Waals surface area contributed by atoms with Crippen molar-refractivity contribution in [1.82, 2.24) is 5.32 Å². The van der Waals surface area contributed by atoms with Crippen molar-refractivity contribution in [1.29, 1.82) is 0 Å². The monoisotopic (exact) mass is 243 g/mol. The van der Waals surface area contributed by atoms with Crippen molar-refractivity contribution in [3.05, 3.63) is 48.0 Å². The van der Waals surface area contributed by atoms with Crippen LogP contribution in [-0.4, -0.2) is 20.3 Å². The van der Waals surface area contributed by atoms with Crippen molar-refractivity contribution in [2.24, 2.45) is 0 Å². The zero-order chi connectivity index (χ0) is 12.8. The Morgan fingerprint density at radius 1 is 1.11 bits per heavy atom. The second-order valence-corrected chi connectivity index (χ2v) is 4.46. The average Bonchev–Trinajstić information content (AvgIpc) is 2.43. The van der Waals surface area contributed by atoms with Crippen LogP contribution in [0.4, 0.5) is 0 Å². The molecule has 2 aromatic carbocycles. The van der Waals surface area contributed by atoms with Crippen molar-refractivity contribution >= 4 is 10.8 Å². The molecule has 2 aromatic rings. The fraction of sp³-hybridized carbons (Fsp3) is 0.375. The van der Waals surface area contributed by atoms with Gasteiger partial charge >= 0.3 is 0 Å². The van der Waals surface area contributed by atoms with E-state index < -0.39 is 0 Å². The number of methoxy groups -OCH3 is 1.